The predicted molar refractivity (Wildman–Crippen MR) is 33.9 cm³/mol. The third-order valence-corrected chi connectivity index (χ3v) is 0.183. The van der Waals surface area contributed by atoms with Gasteiger partial charge in [-0.05, 0) is 20.3 Å². The molecular formula is C6H15O2. The lowest BCUT2D eigenvalue weighted by Gasteiger charge is -1.80. The summed E-state index contributed by atoms with van der Waals surface area (Å²) >= 11 is 0. The summed E-state index contributed by atoms with van der Waals surface area (Å²) in [5, 5.41) is 15.8. The molecule has 0 aliphatic heterocycles. The Bertz CT molecular complexity index is 23.0. The van der Waals surface area contributed by atoms with E-state index in [-0.39, 0.29) is 6.10 Å². The first-order valence-electron chi connectivity index (χ1n) is 2.79. The lowest BCUT2D eigenvalue weighted by molar-refractivity contribution is 0.216. The van der Waals surface area contributed by atoms with Crippen LogP contribution in [0.3, 0.4) is 0 Å². The molecule has 0 aromatic heterocycles. The summed E-state index contributed by atoms with van der Waals surface area (Å²) in [4.78, 5) is 0. The van der Waals surface area contributed by atoms with Gasteiger partial charge in [-0.1, -0.05) is 6.92 Å². The van der Waals surface area contributed by atoms with E-state index < -0.39 is 0 Å². The molecule has 0 aliphatic carbocycles. The van der Waals surface area contributed by atoms with Crippen molar-refractivity contribution in [2.75, 3.05) is 0 Å². The van der Waals surface area contributed by atoms with Crippen LogP contribution in [0.2, 0.25) is 0 Å². The third-order valence-electron chi connectivity index (χ3n) is 0.183. The van der Waals surface area contributed by atoms with Crippen LogP contribution in [-0.2, 0) is 0 Å². The summed E-state index contributed by atoms with van der Waals surface area (Å²) < 4.78 is 0. The summed E-state index contributed by atoms with van der Waals surface area (Å²) in [7, 11) is 0. The Morgan fingerprint density at radius 1 is 1.50 bits per heavy atom. The van der Waals surface area contributed by atoms with Crippen LogP contribution >= 0.6 is 0 Å². The van der Waals surface area contributed by atoms with Gasteiger partial charge in [0.25, 0.3) is 0 Å². The number of aliphatic hydroxyl groups is 2. The molecule has 2 nitrogen and oxygen atoms in total. The van der Waals surface area contributed by atoms with Crippen molar-refractivity contribution in [1.82, 2.24) is 0 Å². The zero-order valence-corrected chi connectivity index (χ0v) is 5.76. The Hall–Kier alpha value is -0.0800. The van der Waals surface area contributed by atoms with Crippen LogP contribution in [0.5, 0.6) is 0 Å². The first-order valence-corrected chi connectivity index (χ1v) is 2.79. The molecule has 2 N–H and O–H groups in total. The molecule has 0 spiro atoms. The number of hydrogen-bond donors (Lipinski definition) is 2. The van der Waals surface area contributed by atoms with Crippen molar-refractivity contribution < 1.29 is 10.2 Å². The number of aliphatic hydroxyl groups excluding tert-OH is 2. The molecule has 0 saturated carbocycles. The maximum absolute atomic E-state index is 8.06. The zero-order chi connectivity index (χ0) is 6.99. The second-order valence-corrected chi connectivity index (χ2v) is 1.68. The molecule has 0 heterocycles. The molecule has 1 radical (unpaired) electrons. The van der Waals surface area contributed by atoms with E-state index in [2.05, 4.69) is 0 Å². The topological polar surface area (TPSA) is 40.5 Å². The molecule has 0 fully saturated rings. The fourth-order valence-corrected chi connectivity index (χ4v) is 0. The van der Waals surface area contributed by atoms with Gasteiger partial charge < -0.3 is 10.2 Å². The Labute approximate surface area is 51.2 Å². The minimum absolute atomic E-state index is 0.167. The maximum Gasteiger partial charge on any atom is 0.0796 e. The molecule has 0 saturated heterocycles. The standard InChI is InChI=1S/C3H8O.C3H7O/c1-3(2)4;1-2-3-4/h3-4H,1-2H3;3-4H,2H2,1H3. The van der Waals surface area contributed by atoms with Crippen molar-refractivity contribution >= 4 is 0 Å². The highest BCUT2D eigenvalue weighted by atomic mass is 16.3. The highest BCUT2D eigenvalue weighted by molar-refractivity contribution is 4.32. The van der Waals surface area contributed by atoms with Gasteiger partial charge in [-0.25, -0.2) is 0 Å². The van der Waals surface area contributed by atoms with Crippen molar-refractivity contribution in [3.05, 3.63) is 6.61 Å². The minimum atomic E-state index is -0.167. The van der Waals surface area contributed by atoms with Crippen molar-refractivity contribution in [1.29, 1.82) is 0 Å². The van der Waals surface area contributed by atoms with Gasteiger partial charge in [0.1, 0.15) is 0 Å². The normalized spacial score (nSPS) is 8.25. The Morgan fingerprint density at radius 2 is 1.62 bits per heavy atom. The number of hydrogen-bond acceptors (Lipinski definition) is 2. The van der Waals surface area contributed by atoms with Crippen LogP contribution in [0.1, 0.15) is 27.2 Å². The molecule has 8 heavy (non-hydrogen) atoms. The summed E-state index contributed by atoms with van der Waals surface area (Å²) in [5.41, 5.74) is 0. The fourth-order valence-electron chi connectivity index (χ4n) is 0. The van der Waals surface area contributed by atoms with Gasteiger partial charge >= 0.3 is 0 Å². The second kappa shape index (κ2) is 10.0. The van der Waals surface area contributed by atoms with Crippen LogP contribution in [-0.4, -0.2) is 16.3 Å². The average molecular weight is 119 g/mol. The monoisotopic (exact) mass is 119 g/mol. The van der Waals surface area contributed by atoms with Crippen LogP contribution in [0, 0.1) is 6.61 Å². The van der Waals surface area contributed by atoms with E-state index in [1.54, 1.807) is 13.8 Å². The third kappa shape index (κ3) is 169. The molecule has 0 rings (SSSR count). The Balaban J connectivity index is 0. The van der Waals surface area contributed by atoms with Gasteiger partial charge in [0.2, 0.25) is 0 Å². The average Bonchev–Trinajstić information content (AvgIpc) is 1.65. The maximum atomic E-state index is 8.06. The van der Waals surface area contributed by atoms with Crippen LogP contribution in [0.4, 0.5) is 0 Å². The molecule has 0 bridgehead atoms. The molecule has 0 atom stereocenters. The molecule has 2 heteroatoms. The highest BCUT2D eigenvalue weighted by Crippen LogP contribution is 1.69. The van der Waals surface area contributed by atoms with Gasteiger partial charge in [0.15, 0.2) is 0 Å². The summed E-state index contributed by atoms with van der Waals surface area (Å²) in [6, 6.07) is 0. The van der Waals surface area contributed by atoms with Crippen LogP contribution in [0.15, 0.2) is 0 Å². The van der Waals surface area contributed by atoms with Gasteiger partial charge in [-0.3, -0.25) is 0 Å². The van der Waals surface area contributed by atoms with Crippen molar-refractivity contribution in [3.8, 4) is 0 Å². The quantitative estimate of drug-likeness (QED) is 0.546. The fraction of sp³-hybridized carbons (Fsp3) is 0.833. The first kappa shape index (κ1) is 10.8. The van der Waals surface area contributed by atoms with Gasteiger partial charge in [0, 0.05) is 6.10 Å². The largest absolute Gasteiger partial charge is 0.394 e. The summed E-state index contributed by atoms with van der Waals surface area (Å²) in [6.45, 7) is 6.44. The van der Waals surface area contributed by atoms with E-state index in [1.807, 2.05) is 6.92 Å². The van der Waals surface area contributed by atoms with E-state index in [0.717, 1.165) is 13.0 Å². The van der Waals surface area contributed by atoms with E-state index in [9.17, 15) is 0 Å². The molecule has 0 aliphatic rings. The van der Waals surface area contributed by atoms with Crippen molar-refractivity contribution in [2.45, 2.75) is 33.3 Å². The smallest absolute Gasteiger partial charge is 0.0796 e. The van der Waals surface area contributed by atoms with Crippen LogP contribution < -0.4 is 0 Å². The minimum Gasteiger partial charge on any atom is -0.394 e. The lowest BCUT2D eigenvalue weighted by Crippen LogP contribution is -1.85. The Morgan fingerprint density at radius 3 is 1.62 bits per heavy atom. The molecule has 0 unspecified atom stereocenters. The van der Waals surface area contributed by atoms with E-state index in [1.165, 1.54) is 0 Å². The van der Waals surface area contributed by atoms with E-state index in [0.29, 0.717) is 0 Å². The predicted octanol–water partition coefficient (Wildman–Crippen LogP) is 1.32. The number of rotatable bonds is 1. The lowest BCUT2D eigenvalue weighted by atomic mass is 10.5. The summed E-state index contributed by atoms with van der Waals surface area (Å²) in [6.07, 6.45) is 0.583. The molecule has 0 aromatic carbocycles. The van der Waals surface area contributed by atoms with E-state index in [4.69, 9.17) is 10.2 Å². The molecule has 0 aromatic rings. The van der Waals surface area contributed by atoms with Gasteiger partial charge in [0.05, 0.1) is 6.61 Å². The molecular weight excluding hydrogens is 104 g/mol. The van der Waals surface area contributed by atoms with Gasteiger partial charge in [-0.15, -0.1) is 0 Å². The zero-order valence-electron chi connectivity index (χ0n) is 5.76. The summed E-state index contributed by atoms with van der Waals surface area (Å²) in [5.74, 6) is 0. The highest BCUT2D eigenvalue weighted by Gasteiger charge is 1.69. The van der Waals surface area contributed by atoms with Crippen LogP contribution in [0.25, 0.3) is 0 Å². The first-order chi connectivity index (χ1) is 3.65. The molecule has 0 amide bonds. The van der Waals surface area contributed by atoms with Crippen molar-refractivity contribution in [3.63, 3.8) is 0 Å². The van der Waals surface area contributed by atoms with Gasteiger partial charge in [-0.2, -0.15) is 0 Å². The molecule has 51 valence electrons. The van der Waals surface area contributed by atoms with E-state index >= 15 is 0 Å². The van der Waals surface area contributed by atoms with Crippen molar-refractivity contribution in [2.24, 2.45) is 0 Å². The second-order valence-electron chi connectivity index (χ2n) is 1.68. The Kier molecular flexibility index (Phi) is 13.6. The SMILES string of the molecule is CC(C)O.CC[CH]O.